The number of nitrogens with two attached hydrogens (primary N) is 1. The van der Waals surface area contributed by atoms with Gasteiger partial charge in [-0.05, 0) is 24.6 Å². The summed E-state index contributed by atoms with van der Waals surface area (Å²) in [4.78, 5) is 26.2. The van der Waals surface area contributed by atoms with Gasteiger partial charge in [-0.1, -0.05) is 31.5 Å². The van der Waals surface area contributed by atoms with E-state index in [4.69, 9.17) is 5.73 Å². The van der Waals surface area contributed by atoms with E-state index in [1.165, 1.54) is 15.8 Å². The van der Waals surface area contributed by atoms with Gasteiger partial charge in [0.1, 0.15) is 5.69 Å². The summed E-state index contributed by atoms with van der Waals surface area (Å²) < 4.78 is 0. The third kappa shape index (κ3) is 5.05. The predicted octanol–water partition coefficient (Wildman–Crippen LogP) is 1.39. The summed E-state index contributed by atoms with van der Waals surface area (Å²) in [7, 11) is 0. The first-order valence-corrected chi connectivity index (χ1v) is 7.83. The molecule has 0 aliphatic heterocycles. The van der Waals surface area contributed by atoms with E-state index < -0.39 is 5.91 Å². The third-order valence-corrected chi connectivity index (χ3v) is 3.33. The average molecular weight is 327 g/mol. The highest BCUT2D eigenvalue weighted by atomic mass is 16.2. The Morgan fingerprint density at radius 3 is 2.71 bits per heavy atom. The van der Waals surface area contributed by atoms with Crippen LogP contribution in [-0.2, 0) is 9.59 Å². The lowest BCUT2D eigenvalue weighted by atomic mass is 10.3. The highest BCUT2D eigenvalue weighted by Crippen LogP contribution is 2.06. The predicted molar refractivity (Wildman–Crippen MR) is 91.1 cm³/mol. The fourth-order valence-electron chi connectivity index (χ4n) is 2.10. The summed E-state index contributed by atoms with van der Waals surface area (Å²) in [5, 5.41) is 8.45. The fourth-order valence-corrected chi connectivity index (χ4v) is 2.10. The number of hydrogen-bond donors (Lipinski definition) is 1. The molecule has 2 rings (SSSR count). The number of rotatable bonds is 8. The molecule has 0 saturated heterocycles. The molecule has 0 atom stereocenters. The molecule has 0 bridgehead atoms. The minimum Gasteiger partial charge on any atom is -0.368 e. The Bertz CT molecular complexity index is 709. The normalized spacial score (nSPS) is 10.9. The molecular weight excluding hydrogens is 306 g/mol. The molecule has 0 spiro atoms. The molecule has 7 nitrogen and oxygen atoms in total. The molecule has 24 heavy (non-hydrogen) atoms. The van der Waals surface area contributed by atoms with Gasteiger partial charge in [-0.2, -0.15) is 9.90 Å². The number of primary amides is 1. The minimum atomic E-state index is -0.525. The van der Waals surface area contributed by atoms with Crippen LogP contribution in [0.1, 0.15) is 25.5 Å². The van der Waals surface area contributed by atoms with Crippen LogP contribution in [0.15, 0.2) is 42.6 Å². The number of para-hydroxylation sites is 1. The first-order valence-electron chi connectivity index (χ1n) is 7.83. The lowest BCUT2D eigenvalue weighted by molar-refractivity contribution is -0.131. The quantitative estimate of drug-likeness (QED) is 0.741. The van der Waals surface area contributed by atoms with Crippen molar-refractivity contribution in [2.24, 2.45) is 5.73 Å². The second kappa shape index (κ2) is 8.61. The van der Waals surface area contributed by atoms with Crippen molar-refractivity contribution in [1.82, 2.24) is 19.9 Å². The van der Waals surface area contributed by atoms with Gasteiger partial charge in [0.25, 0.3) is 0 Å². The van der Waals surface area contributed by atoms with E-state index in [2.05, 4.69) is 10.2 Å². The van der Waals surface area contributed by atoms with Gasteiger partial charge in [-0.3, -0.25) is 9.59 Å². The van der Waals surface area contributed by atoms with Gasteiger partial charge in [-0.15, -0.1) is 5.10 Å². The summed E-state index contributed by atoms with van der Waals surface area (Å²) in [6.07, 6.45) is 6.28. The molecule has 2 amide bonds. The van der Waals surface area contributed by atoms with Crippen molar-refractivity contribution < 1.29 is 9.59 Å². The van der Waals surface area contributed by atoms with Crippen LogP contribution in [0.25, 0.3) is 11.8 Å². The molecule has 0 fully saturated rings. The molecule has 2 aromatic rings. The van der Waals surface area contributed by atoms with Crippen molar-refractivity contribution in [3.63, 3.8) is 0 Å². The van der Waals surface area contributed by atoms with Gasteiger partial charge in [0, 0.05) is 12.6 Å². The van der Waals surface area contributed by atoms with Gasteiger partial charge >= 0.3 is 0 Å². The summed E-state index contributed by atoms with van der Waals surface area (Å²) >= 11 is 0. The van der Waals surface area contributed by atoms with Crippen LogP contribution >= 0.6 is 0 Å². The lowest BCUT2D eigenvalue weighted by Crippen LogP contribution is -2.38. The first-order chi connectivity index (χ1) is 11.6. The first kappa shape index (κ1) is 17.4. The molecule has 0 radical (unpaired) electrons. The summed E-state index contributed by atoms with van der Waals surface area (Å²) in [5.41, 5.74) is 6.59. The SMILES string of the molecule is CCCCN(CC(N)=O)C(=O)C=Cc1cnn(-c2ccccc2)n1. The smallest absolute Gasteiger partial charge is 0.247 e. The second-order valence-electron chi connectivity index (χ2n) is 5.31. The monoisotopic (exact) mass is 327 g/mol. The maximum atomic E-state index is 12.2. The van der Waals surface area contributed by atoms with Crippen LogP contribution in [0, 0.1) is 0 Å². The number of hydrogen-bond acceptors (Lipinski definition) is 4. The van der Waals surface area contributed by atoms with E-state index >= 15 is 0 Å². The Labute approximate surface area is 140 Å². The molecule has 126 valence electrons. The number of amides is 2. The topological polar surface area (TPSA) is 94.1 Å². The summed E-state index contributed by atoms with van der Waals surface area (Å²) in [5.74, 6) is -0.792. The van der Waals surface area contributed by atoms with E-state index in [9.17, 15) is 9.59 Å². The molecule has 0 unspecified atom stereocenters. The van der Waals surface area contributed by atoms with Crippen LogP contribution in [0.5, 0.6) is 0 Å². The number of carbonyl (C=O) groups excluding carboxylic acids is 2. The van der Waals surface area contributed by atoms with Gasteiger partial charge in [-0.25, -0.2) is 0 Å². The Morgan fingerprint density at radius 2 is 2.04 bits per heavy atom. The maximum Gasteiger partial charge on any atom is 0.247 e. The zero-order chi connectivity index (χ0) is 17.4. The molecule has 1 aromatic carbocycles. The zero-order valence-electron chi connectivity index (χ0n) is 13.6. The lowest BCUT2D eigenvalue weighted by Gasteiger charge is -2.18. The second-order valence-corrected chi connectivity index (χ2v) is 5.31. The molecule has 1 aromatic heterocycles. The van der Waals surface area contributed by atoms with Crippen molar-refractivity contribution in [2.75, 3.05) is 13.1 Å². The van der Waals surface area contributed by atoms with Crippen molar-refractivity contribution in [3.05, 3.63) is 48.3 Å². The van der Waals surface area contributed by atoms with Gasteiger partial charge in [0.05, 0.1) is 18.4 Å². The standard InChI is InChI=1S/C17H21N5O2/c1-2-3-11-21(13-16(18)23)17(24)10-9-14-12-19-22(20-14)15-7-5-4-6-8-15/h4-10,12H,2-3,11,13H2,1H3,(H2,18,23). The number of unbranched alkanes of at least 4 members (excludes halogenated alkanes) is 1. The largest absolute Gasteiger partial charge is 0.368 e. The average Bonchev–Trinajstić information content (AvgIpc) is 3.06. The van der Waals surface area contributed by atoms with Gasteiger partial charge in [0.15, 0.2) is 0 Å². The van der Waals surface area contributed by atoms with E-state index in [0.717, 1.165) is 18.5 Å². The van der Waals surface area contributed by atoms with Crippen LogP contribution in [-0.4, -0.2) is 44.8 Å². The molecule has 0 aliphatic rings. The van der Waals surface area contributed by atoms with Crippen LogP contribution in [0.3, 0.4) is 0 Å². The van der Waals surface area contributed by atoms with Crippen LogP contribution < -0.4 is 5.73 Å². The number of aromatic nitrogens is 3. The van der Waals surface area contributed by atoms with E-state index in [1.807, 2.05) is 37.3 Å². The van der Waals surface area contributed by atoms with Crippen molar-refractivity contribution in [2.45, 2.75) is 19.8 Å². The molecule has 2 N–H and O–H groups in total. The van der Waals surface area contributed by atoms with Crippen LogP contribution in [0.2, 0.25) is 0 Å². The maximum absolute atomic E-state index is 12.2. The van der Waals surface area contributed by atoms with Crippen LogP contribution in [0.4, 0.5) is 0 Å². The Balaban J connectivity index is 2.04. The van der Waals surface area contributed by atoms with Crippen molar-refractivity contribution in [1.29, 1.82) is 0 Å². The van der Waals surface area contributed by atoms with Gasteiger partial charge in [0.2, 0.25) is 11.8 Å². The summed E-state index contributed by atoms with van der Waals surface area (Å²) in [6, 6.07) is 9.48. The van der Waals surface area contributed by atoms with E-state index in [0.29, 0.717) is 12.2 Å². The minimum absolute atomic E-state index is 0.0835. The Kier molecular flexibility index (Phi) is 6.24. The molecular formula is C17H21N5O2. The highest BCUT2D eigenvalue weighted by molar-refractivity contribution is 5.93. The zero-order valence-corrected chi connectivity index (χ0v) is 13.6. The molecule has 0 aliphatic carbocycles. The number of carbonyl (C=O) groups is 2. The van der Waals surface area contributed by atoms with Crippen molar-refractivity contribution in [3.8, 4) is 5.69 Å². The Hall–Kier alpha value is -2.96. The number of nitrogens with zero attached hydrogens (tertiary/aromatic N) is 4. The number of benzene rings is 1. The fraction of sp³-hybridized carbons (Fsp3) is 0.294. The van der Waals surface area contributed by atoms with E-state index in [1.54, 1.807) is 12.3 Å². The molecule has 7 heteroatoms. The highest BCUT2D eigenvalue weighted by Gasteiger charge is 2.12. The van der Waals surface area contributed by atoms with E-state index in [-0.39, 0.29) is 12.5 Å². The Morgan fingerprint density at radius 1 is 1.29 bits per heavy atom. The van der Waals surface area contributed by atoms with Crippen molar-refractivity contribution >= 4 is 17.9 Å². The van der Waals surface area contributed by atoms with Gasteiger partial charge < -0.3 is 10.6 Å². The molecule has 1 heterocycles. The molecule has 0 saturated carbocycles. The third-order valence-electron chi connectivity index (χ3n) is 3.33. The summed E-state index contributed by atoms with van der Waals surface area (Å²) in [6.45, 7) is 2.43.